The number of hydrogen-bond donors (Lipinski definition) is 1. The molecule has 0 aliphatic heterocycles. The van der Waals surface area contributed by atoms with Crippen molar-refractivity contribution in [1.29, 1.82) is 0 Å². The molecule has 7 heteroatoms. The molecule has 0 saturated heterocycles. The normalized spacial score (nSPS) is 13.5. The molecule has 0 spiro atoms. The molecule has 0 aliphatic carbocycles. The smallest absolute Gasteiger partial charge is 0.189 e. The molecule has 12 heavy (non-hydrogen) atoms. The monoisotopic (exact) mass is 327 g/mol. The van der Waals surface area contributed by atoms with Crippen molar-refractivity contribution in [3.63, 3.8) is 0 Å². The maximum atomic E-state index is 13.2. The van der Waals surface area contributed by atoms with Gasteiger partial charge in [0.25, 0.3) is 0 Å². The van der Waals surface area contributed by atoms with E-state index in [1.54, 1.807) is 13.8 Å². The quantitative estimate of drug-likeness (QED) is 0.622. The van der Waals surface area contributed by atoms with Crippen LogP contribution in [0.2, 0.25) is 0 Å². The van der Waals surface area contributed by atoms with Gasteiger partial charge in [0.15, 0.2) is 0 Å². The molecule has 3 nitrogen and oxygen atoms in total. The fourth-order valence-corrected chi connectivity index (χ4v) is 2.83. The van der Waals surface area contributed by atoms with E-state index in [4.69, 9.17) is 9.05 Å². The molecule has 0 amide bonds. The van der Waals surface area contributed by atoms with Gasteiger partial charge in [-0.05, 0) is 13.8 Å². The van der Waals surface area contributed by atoms with Crippen LogP contribution in [0.5, 0.6) is 0 Å². The van der Waals surface area contributed by atoms with Gasteiger partial charge in [0, 0.05) is 31.9 Å². The van der Waals surface area contributed by atoms with Crippen molar-refractivity contribution in [3.8, 4) is 0 Å². The fraction of sp³-hybridized carbons (Fsp3) is 1.00. The number of hydrogen-bond acceptors (Lipinski definition) is 3. The molecule has 0 aliphatic rings. The summed E-state index contributed by atoms with van der Waals surface area (Å²) in [6, 6.07) is 0. The van der Waals surface area contributed by atoms with Crippen molar-refractivity contribution in [1.82, 2.24) is 0 Å². The molecular formula is C5H11Br2FO3P+. The van der Waals surface area contributed by atoms with E-state index in [1.165, 1.54) is 0 Å². The van der Waals surface area contributed by atoms with E-state index in [2.05, 4.69) is 31.9 Å². The Bertz CT molecular complexity index is 135. The van der Waals surface area contributed by atoms with Crippen LogP contribution >= 0.6 is 39.8 Å². The lowest BCUT2D eigenvalue weighted by atomic mass is 10.9. The molecule has 1 N–H and O–H groups in total. The Labute approximate surface area is 88.5 Å². The lowest BCUT2D eigenvalue weighted by Crippen LogP contribution is -2.16. The Morgan fingerprint density at radius 3 is 1.83 bits per heavy atom. The van der Waals surface area contributed by atoms with Gasteiger partial charge in [-0.1, -0.05) is 0 Å². The van der Waals surface area contributed by atoms with E-state index in [0.29, 0.717) is 0 Å². The number of halogens is 3. The molecule has 0 radical (unpaired) electrons. The van der Waals surface area contributed by atoms with Gasteiger partial charge in [-0.2, -0.15) is 18.3 Å². The van der Waals surface area contributed by atoms with Gasteiger partial charge in [0.2, 0.25) is 0 Å². The Hall–Kier alpha value is 1.20. The first-order valence-electron chi connectivity index (χ1n) is 3.35. The van der Waals surface area contributed by atoms with Crippen LogP contribution in [-0.2, 0) is 9.05 Å². The molecule has 0 saturated carbocycles. The van der Waals surface area contributed by atoms with Crippen LogP contribution in [-0.4, -0.2) is 21.3 Å². The number of rotatable bonds is 5. The van der Waals surface area contributed by atoms with Gasteiger partial charge in [-0.15, -0.1) is 0 Å². The summed E-state index contributed by atoms with van der Waals surface area (Å²) in [5.41, 5.74) is 0. The van der Waals surface area contributed by atoms with E-state index in [-0.39, 0.29) is 13.2 Å². The first-order chi connectivity index (χ1) is 5.37. The van der Waals surface area contributed by atoms with E-state index in [0.717, 1.165) is 0 Å². The zero-order valence-electron chi connectivity index (χ0n) is 6.76. The third kappa shape index (κ3) is 3.52. The van der Waals surface area contributed by atoms with Crippen LogP contribution in [0.15, 0.2) is 0 Å². The summed E-state index contributed by atoms with van der Waals surface area (Å²) in [6.07, 6.45) is 0. The zero-order valence-corrected chi connectivity index (χ0v) is 10.8. The molecule has 0 bridgehead atoms. The van der Waals surface area contributed by atoms with Gasteiger partial charge in [-0.25, -0.2) is 0 Å². The zero-order chi connectivity index (χ0) is 9.83. The van der Waals surface area contributed by atoms with Crippen molar-refractivity contribution < 1.29 is 18.3 Å². The lowest BCUT2D eigenvalue weighted by molar-refractivity contribution is 0.171. The van der Waals surface area contributed by atoms with Gasteiger partial charge in [0.05, 0.1) is 13.2 Å². The van der Waals surface area contributed by atoms with Crippen molar-refractivity contribution in [3.05, 3.63) is 0 Å². The second-order valence-corrected chi connectivity index (χ2v) is 8.47. The highest BCUT2D eigenvalue weighted by Crippen LogP contribution is 2.73. The van der Waals surface area contributed by atoms with Crippen LogP contribution in [0.3, 0.4) is 0 Å². The van der Waals surface area contributed by atoms with Gasteiger partial charge < -0.3 is 0 Å². The fourth-order valence-electron chi connectivity index (χ4n) is 0.534. The molecule has 0 unspecified atom stereocenters. The minimum Gasteiger partial charge on any atom is -0.189 e. The summed E-state index contributed by atoms with van der Waals surface area (Å²) < 4.78 is 20.6. The third-order valence-electron chi connectivity index (χ3n) is 0.929. The van der Waals surface area contributed by atoms with Gasteiger partial charge in [0.1, 0.15) is 0 Å². The van der Waals surface area contributed by atoms with E-state index >= 15 is 0 Å². The molecule has 0 atom stereocenters. The highest BCUT2D eigenvalue weighted by atomic mass is 79.9. The topological polar surface area (TPSA) is 38.7 Å². The minimum absolute atomic E-state index is 0.188. The highest BCUT2D eigenvalue weighted by molar-refractivity contribution is 9.27. The third-order valence-corrected chi connectivity index (χ3v) is 5.47. The summed E-state index contributed by atoms with van der Waals surface area (Å²) in [5.74, 6) is 0. The van der Waals surface area contributed by atoms with Crippen molar-refractivity contribution in [2.75, 3.05) is 13.2 Å². The maximum absolute atomic E-state index is 13.2. The summed E-state index contributed by atoms with van der Waals surface area (Å²) in [7, 11) is -3.49. The standard InChI is InChI=1S/C5H11Br2FO3P/c1-3-10-12(9,11-4-2)5(6,7)8/h9H,3-4H2,1-2H3/q+1. The van der Waals surface area contributed by atoms with Crippen LogP contribution < -0.4 is 0 Å². The van der Waals surface area contributed by atoms with Crippen molar-refractivity contribution in [2.45, 2.75) is 17.1 Å². The van der Waals surface area contributed by atoms with E-state index in [1.807, 2.05) is 0 Å². The summed E-state index contributed by atoms with van der Waals surface area (Å²) in [6.45, 7) is 3.67. The predicted octanol–water partition coefficient (Wildman–Crippen LogP) is 3.18. The summed E-state index contributed by atoms with van der Waals surface area (Å²) >= 11 is 5.21. The Morgan fingerprint density at radius 2 is 1.67 bits per heavy atom. The van der Waals surface area contributed by atoms with Crippen LogP contribution in [0.25, 0.3) is 0 Å². The second kappa shape index (κ2) is 5.17. The number of alkyl halides is 3. The lowest BCUT2D eigenvalue weighted by Gasteiger charge is -2.20. The van der Waals surface area contributed by atoms with Crippen molar-refractivity contribution in [2.24, 2.45) is 0 Å². The SMILES string of the molecule is CCO[P+](O)(OCC)C(F)(Br)Br. The molecule has 74 valence electrons. The van der Waals surface area contributed by atoms with E-state index < -0.39 is 11.2 Å². The largest absolute Gasteiger partial charge is 0.472 e. The van der Waals surface area contributed by atoms with Gasteiger partial charge >= 0.3 is 11.2 Å². The maximum Gasteiger partial charge on any atom is 0.472 e. The van der Waals surface area contributed by atoms with Crippen LogP contribution in [0.4, 0.5) is 4.39 Å². The Kier molecular flexibility index (Phi) is 5.69. The Balaban J connectivity index is 4.38. The molecular weight excluding hydrogens is 318 g/mol. The summed E-state index contributed by atoms with van der Waals surface area (Å²) in [5, 5.41) is 0. The van der Waals surface area contributed by atoms with Gasteiger partial charge in [-0.3, -0.25) is 0 Å². The molecule has 0 fully saturated rings. The van der Waals surface area contributed by atoms with Crippen molar-refractivity contribution >= 4 is 39.8 Å². The summed E-state index contributed by atoms with van der Waals surface area (Å²) in [4.78, 5) is 9.55. The van der Waals surface area contributed by atoms with E-state index in [9.17, 15) is 9.28 Å². The minimum atomic E-state index is -3.49. The first-order valence-corrected chi connectivity index (χ1v) is 6.51. The van der Waals surface area contributed by atoms with Crippen LogP contribution in [0, 0.1) is 0 Å². The molecule has 0 heterocycles. The predicted molar refractivity (Wildman–Crippen MR) is 54.1 cm³/mol. The molecule has 0 aromatic carbocycles. The second-order valence-electron chi connectivity index (χ2n) is 1.82. The molecule has 0 aromatic rings. The average Bonchev–Trinajstić information content (AvgIpc) is 1.86. The first kappa shape index (κ1) is 13.2. The molecule has 0 rings (SSSR count). The Morgan fingerprint density at radius 1 is 1.33 bits per heavy atom. The average molecular weight is 329 g/mol. The molecule has 0 aromatic heterocycles. The highest BCUT2D eigenvalue weighted by Gasteiger charge is 2.62. The van der Waals surface area contributed by atoms with Crippen LogP contribution in [0.1, 0.15) is 13.8 Å².